The second-order valence-electron chi connectivity index (χ2n) is 6.98. The molecule has 1 aliphatic carbocycles. The summed E-state index contributed by atoms with van der Waals surface area (Å²) in [6, 6.07) is 4.24. The van der Waals surface area contributed by atoms with Gasteiger partial charge in [0.25, 0.3) is 0 Å². The smallest absolute Gasteiger partial charge is 0.130 e. The minimum atomic E-state index is -0.517. The van der Waals surface area contributed by atoms with Gasteiger partial charge in [0.1, 0.15) is 11.6 Å². The van der Waals surface area contributed by atoms with Crippen LogP contribution in [0.15, 0.2) is 18.2 Å². The highest BCUT2D eigenvalue weighted by atomic mass is 19.1. The summed E-state index contributed by atoms with van der Waals surface area (Å²) in [4.78, 5) is 0. The highest BCUT2D eigenvalue weighted by Gasteiger charge is 2.33. The summed E-state index contributed by atoms with van der Waals surface area (Å²) in [7, 11) is 0. The van der Waals surface area contributed by atoms with Gasteiger partial charge >= 0.3 is 0 Å². The fourth-order valence-electron chi connectivity index (χ4n) is 3.32. The van der Waals surface area contributed by atoms with Gasteiger partial charge in [-0.1, -0.05) is 39.7 Å². The minimum Gasteiger partial charge on any atom is -0.310 e. The Labute approximate surface area is 120 Å². The third kappa shape index (κ3) is 3.78. The van der Waals surface area contributed by atoms with E-state index in [1.54, 1.807) is 0 Å². The van der Waals surface area contributed by atoms with Gasteiger partial charge in [-0.25, -0.2) is 8.78 Å². The van der Waals surface area contributed by atoms with Crippen molar-refractivity contribution in [2.45, 2.75) is 59.0 Å². The number of benzene rings is 1. The molecule has 2 atom stereocenters. The van der Waals surface area contributed by atoms with E-state index in [-0.39, 0.29) is 5.41 Å². The second kappa shape index (κ2) is 6.21. The van der Waals surface area contributed by atoms with Gasteiger partial charge < -0.3 is 5.32 Å². The lowest BCUT2D eigenvalue weighted by Gasteiger charge is -2.41. The van der Waals surface area contributed by atoms with Crippen LogP contribution >= 0.6 is 0 Å². The maximum absolute atomic E-state index is 13.7. The van der Waals surface area contributed by atoms with Crippen LogP contribution in [-0.2, 0) is 6.54 Å². The molecule has 0 radical (unpaired) electrons. The van der Waals surface area contributed by atoms with E-state index < -0.39 is 11.6 Å². The standard InChI is InChI=1S/C17H25F2N/c1-17(2,3)14-6-4-5-7-16(14)20-11-12-8-9-13(18)10-15(12)19/h8-10,14,16,20H,4-7,11H2,1-3H3. The lowest BCUT2D eigenvalue weighted by atomic mass is 9.69. The maximum atomic E-state index is 13.7. The Hall–Kier alpha value is -0.960. The van der Waals surface area contributed by atoms with E-state index >= 15 is 0 Å². The predicted molar refractivity (Wildman–Crippen MR) is 78.4 cm³/mol. The van der Waals surface area contributed by atoms with Crippen molar-refractivity contribution in [1.82, 2.24) is 5.32 Å². The first kappa shape index (κ1) is 15.4. The third-order valence-corrected chi connectivity index (χ3v) is 4.45. The molecular weight excluding hydrogens is 256 g/mol. The summed E-state index contributed by atoms with van der Waals surface area (Å²) in [6.45, 7) is 7.30. The van der Waals surface area contributed by atoms with Crippen LogP contribution in [0.5, 0.6) is 0 Å². The van der Waals surface area contributed by atoms with Crippen molar-refractivity contribution in [2.75, 3.05) is 0 Å². The Bertz CT molecular complexity index is 451. The van der Waals surface area contributed by atoms with Crippen LogP contribution in [0.3, 0.4) is 0 Å². The largest absolute Gasteiger partial charge is 0.310 e. The first-order valence-corrected chi connectivity index (χ1v) is 7.55. The van der Waals surface area contributed by atoms with Crippen molar-refractivity contribution in [3.05, 3.63) is 35.4 Å². The van der Waals surface area contributed by atoms with Crippen LogP contribution in [0.2, 0.25) is 0 Å². The van der Waals surface area contributed by atoms with Gasteiger partial charge in [-0.05, 0) is 30.2 Å². The van der Waals surface area contributed by atoms with Crippen LogP contribution in [0, 0.1) is 23.0 Å². The van der Waals surface area contributed by atoms with Crippen LogP contribution in [0.25, 0.3) is 0 Å². The second-order valence-corrected chi connectivity index (χ2v) is 6.98. The summed E-state index contributed by atoms with van der Waals surface area (Å²) in [5.74, 6) is -0.364. The molecule has 3 heteroatoms. The molecule has 0 saturated heterocycles. The summed E-state index contributed by atoms with van der Waals surface area (Å²) in [5, 5.41) is 3.49. The monoisotopic (exact) mass is 281 g/mol. The molecule has 1 aromatic carbocycles. The molecule has 0 spiro atoms. The summed E-state index contributed by atoms with van der Waals surface area (Å²) in [6.07, 6.45) is 4.89. The molecule has 1 aromatic rings. The van der Waals surface area contributed by atoms with Gasteiger partial charge in [-0.3, -0.25) is 0 Å². The molecule has 0 heterocycles. The first-order valence-electron chi connectivity index (χ1n) is 7.55. The van der Waals surface area contributed by atoms with E-state index in [9.17, 15) is 8.78 Å². The van der Waals surface area contributed by atoms with Crippen molar-refractivity contribution in [3.63, 3.8) is 0 Å². The Morgan fingerprint density at radius 2 is 1.85 bits per heavy atom. The van der Waals surface area contributed by atoms with E-state index in [0.29, 0.717) is 24.1 Å². The van der Waals surface area contributed by atoms with Gasteiger partial charge in [-0.15, -0.1) is 0 Å². The number of rotatable bonds is 3. The third-order valence-electron chi connectivity index (χ3n) is 4.45. The Kier molecular flexibility index (Phi) is 4.79. The van der Waals surface area contributed by atoms with E-state index in [4.69, 9.17) is 0 Å². The summed E-state index contributed by atoms with van der Waals surface area (Å²) >= 11 is 0. The molecule has 0 bridgehead atoms. The summed E-state index contributed by atoms with van der Waals surface area (Å²) in [5.41, 5.74) is 0.809. The van der Waals surface area contributed by atoms with Crippen molar-refractivity contribution < 1.29 is 8.78 Å². The molecule has 0 aliphatic heterocycles. The minimum absolute atomic E-state index is 0.263. The molecule has 2 rings (SSSR count). The van der Waals surface area contributed by atoms with Crippen LogP contribution < -0.4 is 5.32 Å². The SMILES string of the molecule is CC(C)(C)C1CCCCC1NCc1ccc(F)cc1F. The van der Waals surface area contributed by atoms with Gasteiger partial charge in [0.15, 0.2) is 0 Å². The Morgan fingerprint density at radius 1 is 1.15 bits per heavy atom. The number of hydrogen-bond acceptors (Lipinski definition) is 1. The molecule has 2 unspecified atom stereocenters. The lowest BCUT2D eigenvalue weighted by Crippen LogP contribution is -2.44. The number of hydrogen-bond donors (Lipinski definition) is 1. The lowest BCUT2D eigenvalue weighted by molar-refractivity contribution is 0.130. The number of halogens is 2. The van der Waals surface area contributed by atoms with Crippen LogP contribution in [-0.4, -0.2) is 6.04 Å². The molecule has 1 N–H and O–H groups in total. The van der Waals surface area contributed by atoms with Crippen LogP contribution in [0.4, 0.5) is 8.78 Å². The molecule has 1 saturated carbocycles. The molecule has 1 nitrogen and oxygen atoms in total. The van der Waals surface area contributed by atoms with Crippen molar-refractivity contribution in [3.8, 4) is 0 Å². The topological polar surface area (TPSA) is 12.0 Å². The molecule has 20 heavy (non-hydrogen) atoms. The van der Waals surface area contributed by atoms with Gasteiger partial charge in [0, 0.05) is 24.2 Å². The van der Waals surface area contributed by atoms with E-state index in [0.717, 1.165) is 12.5 Å². The highest BCUT2D eigenvalue weighted by molar-refractivity contribution is 5.18. The van der Waals surface area contributed by atoms with E-state index in [2.05, 4.69) is 26.1 Å². The summed E-state index contributed by atoms with van der Waals surface area (Å²) < 4.78 is 26.6. The van der Waals surface area contributed by atoms with E-state index in [1.165, 1.54) is 31.4 Å². The first-order chi connectivity index (χ1) is 9.38. The fraction of sp³-hybridized carbons (Fsp3) is 0.647. The normalized spacial score (nSPS) is 23.9. The molecule has 1 fully saturated rings. The zero-order valence-corrected chi connectivity index (χ0v) is 12.7. The average molecular weight is 281 g/mol. The molecular formula is C17H25F2N. The van der Waals surface area contributed by atoms with Gasteiger partial charge in [0.05, 0.1) is 0 Å². The van der Waals surface area contributed by atoms with Crippen LogP contribution in [0.1, 0.15) is 52.0 Å². The molecule has 1 aliphatic rings. The predicted octanol–water partition coefficient (Wildman–Crippen LogP) is 4.66. The molecule has 0 amide bonds. The van der Waals surface area contributed by atoms with Crippen molar-refractivity contribution in [2.24, 2.45) is 11.3 Å². The fourth-order valence-corrected chi connectivity index (χ4v) is 3.32. The maximum Gasteiger partial charge on any atom is 0.130 e. The molecule has 112 valence electrons. The Balaban J connectivity index is 2.01. The molecule has 0 aromatic heterocycles. The van der Waals surface area contributed by atoms with Crippen molar-refractivity contribution in [1.29, 1.82) is 0 Å². The Morgan fingerprint density at radius 3 is 2.50 bits per heavy atom. The quantitative estimate of drug-likeness (QED) is 0.849. The highest BCUT2D eigenvalue weighted by Crippen LogP contribution is 2.38. The van der Waals surface area contributed by atoms with E-state index in [1.807, 2.05) is 0 Å². The van der Waals surface area contributed by atoms with Gasteiger partial charge in [0.2, 0.25) is 0 Å². The number of nitrogens with one attached hydrogen (secondary N) is 1. The average Bonchev–Trinajstić information content (AvgIpc) is 2.37. The zero-order chi connectivity index (χ0) is 14.8. The van der Waals surface area contributed by atoms with Gasteiger partial charge in [-0.2, -0.15) is 0 Å². The zero-order valence-electron chi connectivity index (χ0n) is 12.7. The van der Waals surface area contributed by atoms with Crippen molar-refractivity contribution >= 4 is 0 Å².